The van der Waals surface area contributed by atoms with Gasteiger partial charge in [0.25, 0.3) is 5.91 Å². The topological polar surface area (TPSA) is 171 Å². The highest BCUT2D eigenvalue weighted by Gasteiger charge is 2.51. The Hall–Kier alpha value is -2.23. The number of carbonyl (C=O) groups excluding carboxylic acids is 5. The number of halogens is 1. The first-order chi connectivity index (χ1) is 21.7. The molecule has 2 fully saturated rings. The summed E-state index contributed by atoms with van der Waals surface area (Å²) in [5.41, 5.74) is -1.69. The minimum atomic E-state index is -3.39. The number of alkyl halides is 1. The first kappa shape index (κ1) is 40.9. The molecule has 4 N–H and O–H groups in total. The molecule has 3 unspecified atom stereocenters. The summed E-state index contributed by atoms with van der Waals surface area (Å²) in [7, 11) is -3.39. The van der Waals surface area contributed by atoms with Crippen molar-refractivity contribution in [1.82, 2.24) is 26.2 Å². The molecule has 12 nitrogen and oxygen atoms in total. The van der Waals surface area contributed by atoms with Crippen LogP contribution >= 0.6 is 22.6 Å². The monoisotopic (exact) mass is 793 g/mol. The van der Waals surface area contributed by atoms with E-state index in [1.807, 2.05) is 41.5 Å². The van der Waals surface area contributed by atoms with E-state index in [0.29, 0.717) is 25.7 Å². The second kappa shape index (κ2) is 16.9. The van der Waals surface area contributed by atoms with Crippen molar-refractivity contribution in [3.8, 4) is 0 Å². The molecular formula is C33H56IN5O7S. The lowest BCUT2D eigenvalue weighted by molar-refractivity contribution is -0.144. The maximum Gasteiger partial charge on any atom is 0.315 e. The van der Waals surface area contributed by atoms with Crippen LogP contribution in [0.2, 0.25) is 0 Å². The Morgan fingerprint density at radius 3 is 2.15 bits per heavy atom. The van der Waals surface area contributed by atoms with Crippen molar-refractivity contribution in [2.24, 2.45) is 11.3 Å². The first-order valence-electron chi connectivity index (χ1n) is 16.7. The molecular weight excluding hydrogens is 737 g/mol. The number of urea groups is 1. The maximum absolute atomic E-state index is 14.4. The summed E-state index contributed by atoms with van der Waals surface area (Å²) >= 11 is 2.26. The van der Waals surface area contributed by atoms with E-state index >= 15 is 0 Å². The van der Waals surface area contributed by atoms with E-state index in [1.54, 1.807) is 6.92 Å². The van der Waals surface area contributed by atoms with Gasteiger partial charge < -0.3 is 26.2 Å². The number of amides is 5. The van der Waals surface area contributed by atoms with Gasteiger partial charge in [-0.3, -0.25) is 19.2 Å². The molecule has 14 heteroatoms. The summed E-state index contributed by atoms with van der Waals surface area (Å²) in [5, 5.41) is 11.1. The number of carbonyl (C=O) groups is 5. The van der Waals surface area contributed by atoms with Crippen LogP contribution in [0.5, 0.6) is 0 Å². The second-order valence-corrected chi connectivity index (χ2v) is 19.7. The highest BCUT2D eigenvalue weighted by atomic mass is 127. The van der Waals surface area contributed by atoms with Crippen LogP contribution in [0.4, 0.5) is 4.79 Å². The van der Waals surface area contributed by atoms with Crippen LogP contribution in [-0.4, -0.2) is 94.5 Å². The summed E-state index contributed by atoms with van der Waals surface area (Å²) in [5.74, 6) is -3.04. The predicted molar refractivity (Wildman–Crippen MR) is 192 cm³/mol. The molecule has 2 aliphatic rings. The number of hydrogen-bond donors (Lipinski definition) is 4. The fourth-order valence-corrected chi connectivity index (χ4v) is 8.65. The Bertz CT molecular complexity index is 1270. The van der Waals surface area contributed by atoms with E-state index in [-0.39, 0.29) is 36.9 Å². The van der Waals surface area contributed by atoms with E-state index in [9.17, 15) is 32.4 Å². The van der Waals surface area contributed by atoms with Gasteiger partial charge in [0, 0.05) is 28.2 Å². The molecule has 2 rings (SSSR count). The average Bonchev–Trinajstić information content (AvgIpc) is 3.44. The van der Waals surface area contributed by atoms with Gasteiger partial charge in [-0.05, 0) is 31.1 Å². The lowest BCUT2D eigenvalue weighted by Crippen LogP contribution is -2.64. The van der Waals surface area contributed by atoms with Crippen molar-refractivity contribution in [2.75, 3.05) is 24.6 Å². The Labute approximate surface area is 294 Å². The van der Waals surface area contributed by atoms with Crippen LogP contribution < -0.4 is 21.3 Å². The van der Waals surface area contributed by atoms with Gasteiger partial charge in [0.2, 0.25) is 17.6 Å². The highest BCUT2D eigenvalue weighted by molar-refractivity contribution is 14.1. The van der Waals surface area contributed by atoms with Crippen molar-refractivity contribution in [3.05, 3.63) is 12.7 Å². The molecule has 5 amide bonds. The molecule has 0 radical (unpaired) electrons. The van der Waals surface area contributed by atoms with Gasteiger partial charge in [-0.25, -0.2) is 13.2 Å². The van der Waals surface area contributed by atoms with Crippen molar-refractivity contribution < 1.29 is 32.4 Å². The quantitative estimate of drug-likeness (QED) is 0.0853. The van der Waals surface area contributed by atoms with Crippen LogP contribution in [0.25, 0.3) is 0 Å². The molecule has 0 aromatic heterocycles. The molecule has 0 aromatic rings. The minimum absolute atomic E-state index is 0.0297. The largest absolute Gasteiger partial charge is 0.346 e. The zero-order chi connectivity index (χ0) is 35.8. The first-order valence-corrected chi connectivity index (χ1v) is 19.6. The standard InChI is InChI=1S/C33H56IN5O7S/c1-9-15-23(25(40)28(42)35-19-10-2)36-27(41)24-22(32(7,8)34)16-20-39(24)29(43)26(31(4,5)6)37-30(44)38-33(17-13-12-14-18-33)21-47(45,46)11-3/h10,22-24,26H,2,9,11-21H2,1,3-8H3,(H,35,42)(H,36,41)(H2,37,38,44)/t22?,23?,24?,26-/m1/s1. The van der Waals surface area contributed by atoms with Gasteiger partial charge in [0.15, 0.2) is 9.84 Å². The Morgan fingerprint density at radius 2 is 1.64 bits per heavy atom. The zero-order valence-corrected chi connectivity index (χ0v) is 32.1. The molecule has 47 heavy (non-hydrogen) atoms. The fraction of sp³-hybridized carbons (Fsp3) is 0.788. The summed E-state index contributed by atoms with van der Waals surface area (Å²) in [4.78, 5) is 69.0. The molecule has 0 spiro atoms. The number of likely N-dealkylation sites (tertiary alicyclic amines) is 1. The van der Waals surface area contributed by atoms with Crippen LogP contribution in [-0.2, 0) is 29.0 Å². The van der Waals surface area contributed by atoms with Crippen LogP contribution in [0, 0.1) is 11.3 Å². The number of rotatable bonds is 15. The molecule has 1 aliphatic heterocycles. The number of nitrogens with one attached hydrogen (secondary N) is 4. The number of hydrogen-bond acceptors (Lipinski definition) is 7. The van der Waals surface area contributed by atoms with E-state index in [4.69, 9.17) is 0 Å². The highest BCUT2D eigenvalue weighted by Crippen LogP contribution is 2.40. The molecule has 268 valence electrons. The normalized spacial score (nSPS) is 21.2. The van der Waals surface area contributed by atoms with Crippen LogP contribution in [0.1, 0.15) is 99.8 Å². The Morgan fingerprint density at radius 1 is 1.02 bits per heavy atom. The van der Waals surface area contributed by atoms with Gasteiger partial charge in [0.05, 0.1) is 17.3 Å². The lowest BCUT2D eigenvalue weighted by Gasteiger charge is -2.40. The SMILES string of the molecule is C=CCNC(=O)C(=O)C(CCC)NC(=O)C1C(C(C)(C)I)CCN1C(=O)[C@@H](NC(=O)NC1(CS(=O)(=O)CC)CCCCC1)C(C)(C)C. The molecule has 1 aliphatic carbocycles. The van der Waals surface area contributed by atoms with Crippen molar-refractivity contribution in [2.45, 2.75) is 127 Å². The van der Waals surface area contributed by atoms with Crippen molar-refractivity contribution in [3.63, 3.8) is 0 Å². The third-order valence-electron chi connectivity index (χ3n) is 9.19. The number of Topliss-reactive ketones (excluding diaryl/α,β-unsaturated/α-hetero) is 1. The zero-order valence-electron chi connectivity index (χ0n) is 29.2. The Balaban J connectivity index is 2.39. The van der Waals surface area contributed by atoms with E-state index in [0.717, 1.165) is 19.3 Å². The molecule has 0 bridgehead atoms. The minimum Gasteiger partial charge on any atom is -0.346 e. The van der Waals surface area contributed by atoms with E-state index in [1.165, 1.54) is 11.0 Å². The van der Waals surface area contributed by atoms with Gasteiger partial charge >= 0.3 is 6.03 Å². The summed E-state index contributed by atoms with van der Waals surface area (Å²) < 4.78 is 24.9. The molecule has 1 heterocycles. The van der Waals surface area contributed by atoms with E-state index in [2.05, 4.69) is 50.4 Å². The maximum atomic E-state index is 14.4. The second-order valence-electron chi connectivity index (χ2n) is 14.6. The summed E-state index contributed by atoms with van der Waals surface area (Å²) in [6.45, 7) is 16.7. The molecule has 4 atom stereocenters. The average molecular weight is 794 g/mol. The summed E-state index contributed by atoms with van der Waals surface area (Å²) in [6.07, 6.45) is 6.34. The van der Waals surface area contributed by atoms with Crippen LogP contribution in [0.3, 0.4) is 0 Å². The molecule has 1 saturated heterocycles. The van der Waals surface area contributed by atoms with Crippen molar-refractivity contribution >= 4 is 62.0 Å². The van der Waals surface area contributed by atoms with Crippen LogP contribution in [0.15, 0.2) is 12.7 Å². The Kier molecular flexibility index (Phi) is 14.7. The number of nitrogens with zero attached hydrogens (tertiary/aromatic N) is 1. The molecule has 0 aromatic carbocycles. The third-order valence-corrected chi connectivity index (χ3v) is 11.9. The van der Waals surface area contributed by atoms with Gasteiger partial charge in [-0.2, -0.15) is 0 Å². The lowest BCUT2D eigenvalue weighted by atomic mass is 9.83. The number of ketones is 1. The number of sulfone groups is 1. The van der Waals surface area contributed by atoms with Gasteiger partial charge in [0.1, 0.15) is 12.1 Å². The van der Waals surface area contributed by atoms with E-state index < -0.39 is 71.9 Å². The van der Waals surface area contributed by atoms with Gasteiger partial charge in [-0.1, -0.05) is 103 Å². The fourth-order valence-electron chi connectivity index (χ4n) is 6.59. The molecule has 1 saturated carbocycles. The third kappa shape index (κ3) is 11.4. The summed E-state index contributed by atoms with van der Waals surface area (Å²) in [6, 6.07) is -3.69. The smallest absolute Gasteiger partial charge is 0.315 e. The van der Waals surface area contributed by atoms with Gasteiger partial charge in [-0.15, -0.1) is 6.58 Å². The predicted octanol–water partition coefficient (Wildman–Crippen LogP) is 3.42. The van der Waals surface area contributed by atoms with Crippen molar-refractivity contribution in [1.29, 1.82) is 0 Å².